The van der Waals surface area contributed by atoms with Crippen LogP contribution in [0.15, 0.2) is 21.9 Å². The van der Waals surface area contributed by atoms with E-state index in [4.69, 9.17) is 9.84 Å². The highest BCUT2D eigenvalue weighted by Crippen LogP contribution is 2.47. The summed E-state index contributed by atoms with van der Waals surface area (Å²) in [5.74, 6) is 5.52. The van der Waals surface area contributed by atoms with Crippen molar-refractivity contribution in [2.75, 3.05) is 18.9 Å². The van der Waals surface area contributed by atoms with Crippen molar-refractivity contribution in [1.29, 1.82) is 0 Å². The molecule has 1 aromatic rings. The number of aliphatic hydroxyl groups is 1. The Labute approximate surface area is 178 Å². The second kappa shape index (κ2) is 9.65. The van der Waals surface area contributed by atoms with Crippen LogP contribution in [0.5, 0.6) is 0 Å². The molecular weight excluding hydrogens is 412 g/mol. The van der Waals surface area contributed by atoms with E-state index in [-0.39, 0.29) is 29.9 Å². The number of rotatable bonds is 9. The van der Waals surface area contributed by atoms with E-state index >= 15 is 0 Å². The summed E-state index contributed by atoms with van der Waals surface area (Å²) in [5, 5.41) is 21.1. The molecule has 2 heterocycles. The molecule has 1 aromatic heterocycles. The highest BCUT2D eigenvalue weighted by Gasteiger charge is 2.42. The standard InChI is InChI=1S/C20H24N2O5S2/c1-2-3-7-20(8-4-9-20)16(23)6-5-14-12-27-19(26)22(14)10-11-28-18-21-15(13-29-18)17(24)25/h5-6,13-14,16,23H,4,7-12H2,1H3,(H,24,25)/t14-,16+/m0/s1. The fourth-order valence-corrected chi connectivity index (χ4v) is 5.25. The third-order valence-electron chi connectivity index (χ3n) is 5.38. The molecule has 2 atom stereocenters. The number of nitrogens with zero attached hydrogens (tertiary/aromatic N) is 2. The molecule has 1 saturated heterocycles. The Balaban J connectivity index is 1.54. The van der Waals surface area contributed by atoms with Crippen molar-refractivity contribution >= 4 is 35.2 Å². The number of aliphatic hydroxyl groups excluding tert-OH is 1. The van der Waals surface area contributed by atoms with E-state index in [1.165, 1.54) is 28.5 Å². The van der Waals surface area contributed by atoms with Crippen molar-refractivity contribution in [3.8, 4) is 11.8 Å². The number of carbonyl (C=O) groups is 2. The van der Waals surface area contributed by atoms with Gasteiger partial charge in [0.1, 0.15) is 6.61 Å². The van der Waals surface area contributed by atoms with Crippen LogP contribution in [-0.2, 0) is 4.74 Å². The van der Waals surface area contributed by atoms with E-state index in [0.717, 1.165) is 19.3 Å². The molecule has 0 spiro atoms. The summed E-state index contributed by atoms with van der Waals surface area (Å²) in [4.78, 5) is 28.6. The second-order valence-corrected chi connectivity index (χ2v) is 9.34. The third kappa shape index (κ3) is 5.13. The lowest BCUT2D eigenvalue weighted by molar-refractivity contribution is -0.00113. The van der Waals surface area contributed by atoms with E-state index in [9.17, 15) is 14.7 Å². The number of aromatic carboxylic acids is 1. The smallest absolute Gasteiger partial charge is 0.410 e. The van der Waals surface area contributed by atoms with E-state index in [2.05, 4.69) is 16.8 Å². The van der Waals surface area contributed by atoms with Crippen molar-refractivity contribution in [3.63, 3.8) is 0 Å². The highest BCUT2D eigenvalue weighted by atomic mass is 32.2. The number of hydrogen-bond acceptors (Lipinski definition) is 7. The predicted molar refractivity (Wildman–Crippen MR) is 111 cm³/mol. The molecule has 0 radical (unpaired) electrons. The maximum Gasteiger partial charge on any atom is 0.410 e. The molecule has 1 amide bonds. The van der Waals surface area contributed by atoms with Gasteiger partial charge in [-0.15, -0.1) is 23.2 Å². The quantitative estimate of drug-likeness (QED) is 0.348. The average Bonchev–Trinajstić information content (AvgIpc) is 3.27. The lowest BCUT2D eigenvalue weighted by Gasteiger charge is -2.43. The summed E-state index contributed by atoms with van der Waals surface area (Å²) in [6, 6.07) is -0.224. The Kier molecular flexibility index (Phi) is 7.22. The zero-order chi connectivity index (χ0) is 20.9. The average molecular weight is 437 g/mol. The number of ether oxygens (including phenoxy) is 1. The van der Waals surface area contributed by atoms with Gasteiger partial charge in [-0.3, -0.25) is 4.90 Å². The summed E-state index contributed by atoms with van der Waals surface area (Å²) in [5.41, 5.74) is -0.137. The number of aromatic nitrogens is 1. The fourth-order valence-electron chi connectivity index (χ4n) is 3.44. The first-order valence-electron chi connectivity index (χ1n) is 9.46. The van der Waals surface area contributed by atoms with Gasteiger partial charge in [-0.05, 0) is 19.8 Å². The van der Waals surface area contributed by atoms with Gasteiger partial charge in [0.05, 0.1) is 12.1 Å². The van der Waals surface area contributed by atoms with Gasteiger partial charge in [0.15, 0.2) is 10.0 Å². The topological polar surface area (TPSA) is 100.0 Å². The van der Waals surface area contributed by atoms with Gasteiger partial charge in [-0.1, -0.05) is 30.3 Å². The normalized spacial score (nSPS) is 21.4. The Morgan fingerprint density at radius 3 is 3.00 bits per heavy atom. The van der Waals surface area contributed by atoms with Gasteiger partial charge in [0.2, 0.25) is 0 Å². The maximum absolute atomic E-state index is 12.1. The molecule has 3 rings (SSSR count). The highest BCUT2D eigenvalue weighted by molar-refractivity contribution is 8.01. The van der Waals surface area contributed by atoms with Crippen LogP contribution in [0, 0.1) is 17.3 Å². The summed E-state index contributed by atoms with van der Waals surface area (Å²) >= 11 is 2.68. The van der Waals surface area contributed by atoms with Gasteiger partial charge >= 0.3 is 12.1 Å². The number of hydrogen-bond donors (Lipinski definition) is 2. The zero-order valence-electron chi connectivity index (χ0n) is 16.2. The van der Waals surface area contributed by atoms with Gasteiger partial charge in [0, 0.05) is 29.5 Å². The van der Waals surface area contributed by atoms with Crippen molar-refractivity contribution in [1.82, 2.24) is 9.88 Å². The SMILES string of the molecule is CC#CCC1([C@H](O)C=C[C@H]2COC(=O)N2CCSc2nc(C(=O)O)cs2)CCC1. The van der Waals surface area contributed by atoms with E-state index in [0.29, 0.717) is 23.1 Å². The van der Waals surface area contributed by atoms with Crippen molar-refractivity contribution in [2.45, 2.75) is 49.1 Å². The number of thioether (sulfide) groups is 1. The molecule has 29 heavy (non-hydrogen) atoms. The molecular formula is C20H24N2O5S2. The first-order valence-corrected chi connectivity index (χ1v) is 11.3. The van der Waals surface area contributed by atoms with E-state index in [1.807, 2.05) is 6.08 Å². The molecule has 9 heteroatoms. The van der Waals surface area contributed by atoms with Crippen LogP contribution < -0.4 is 0 Å². The molecule has 1 aliphatic carbocycles. The zero-order valence-corrected chi connectivity index (χ0v) is 17.8. The second-order valence-electron chi connectivity index (χ2n) is 7.14. The first kappa shape index (κ1) is 21.7. The number of carboxylic acids is 1. The molecule has 1 aliphatic heterocycles. The van der Waals surface area contributed by atoms with Gasteiger partial charge in [-0.25, -0.2) is 14.6 Å². The van der Waals surface area contributed by atoms with Crippen LogP contribution in [0.1, 0.15) is 43.1 Å². The number of amides is 1. The van der Waals surface area contributed by atoms with Gasteiger partial charge in [-0.2, -0.15) is 0 Å². The van der Waals surface area contributed by atoms with Crippen molar-refractivity contribution in [3.05, 3.63) is 23.2 Å². The summed E-state index contributed by atoms with van der Waals surface area (Å²) in [7, 11) is 0. The summed E-state index contributed by atoms with van der Waals surface area (Å²) < 4.78 is 5.83. The number of thiazole rings is 1. The molecule has 0 aromatic carbocycles. The Morgan fingerprint density at radius 2 is 2.38 bits per heavy atom. The van der Waals surface area contributed by atoms with Crippen LogP contribution in [0.25, 0.3) is 0 Å². The first-order chi connectivity index (χ1) is 13.9. The molecule has 0 unspecified atom stereocenters. The third-order valence-corrected chi connectivity index (χ3v) is 7.38. The van der Waals surface area contributed by atoms with Gasteiger partial charge in [0.25, 0.3) is 0 Å². The van der Waals surface area contributed by atoms with Crippen LogP contribution in [0.2, 0.25) is 0 Å². The molecule has 7 nitrogen and oxygen atoms in total. The Bertz CT molecular complexity index is 837. The molecule has 2 N–H and O–H groups in total. The Hall–Kier alpha value is -2.02. The minimum Gasteiger partial charge on any atom is -0.476 e. The van der Waals surface area contributed by atoms with Crippen LogP contribution in [0.3, 0.4) is 0 Å². The van der Waals surface area contributed by atoms with Crippen LogP contribution >= 0.6 is 23.1 Å². The van der Waals surface area contributed by atoms with E-state index in [1.54, 1.807) is 17.9 Å². The molecule has 2 aliphatic rings. The Morgan fingerprint density at radius 1 is 1.59 bits per heavy atom. The largest absolute Gasteiger partial charge is 0.476 e. The molecule has 0 bridgehead atoms. The monoisotopic (exact) mass is 436 g/mol. The van der Waals surface area contributed by atoms with Crippen molar-refractivity contribution < 1.29 is 24.5 Å². The molecule has 156 valence electrons. The van der Waals surface area contributed by atoms with Gasteiger partial charge < -0.3 is 14.9 Å². The number of cyclic esters (lactones) is 1. The van der Waals surface area contributed by atoms with Crippen LogP contribution in [0.4, 0.5) is 4.79 Å². The van der Waals surface area contributed by atoms with E-state index < -0.39 is 12.1 Å². The predicted octanol–water partition coefficient (Wildman–Crippen LogP) is 3.26. The maximum atomic E-state index is 12.1. The lowest BCUT2D eigenvalue weighted by Crippen LogP contribution is -2.40. The van der Waals surface area contributed by atoms with Crippen molar-refractivity contribution in [2.24, 2.45) is 5.41 Å². The minimum absolute atomic E-state index is 0.0329. The number of carboxylic acid groups (broad SMARTS) is 1. The summed E-state index contributed by atoms with van der Waals surface area (Å²) in [6.07, 6.45) is 6.37. The van der Waals surface area contributed by atoms with Crippen LogP contribution in [-0.4, -0.2) is 63.2 Å². The fraction of sp³-hybridized carbons (Fsp3) is 0.550. The number of carbonyl (C=O) groups excluding carboxylic acids is 1. The summed E-state index contributed by atoms with van der Waals surface area (Å²) in [6.45, 7) is 2.51. The minimum atomic E-state index is -1.05. The molecule has 1 saturated carbocycles. The molecule has 2 fully saturated rings. The lowest BCUT2D eigenvalue weighted by atomic mass is 9.63.